The largest absolute Gasteiger partial charge is 0.484 e. The fraction of sp³-hybridized carbons (Fsp3) is 0.429. The Morgan fingerprint density at radius 1 is 1.04 bits per heavy atom. The van der Waals surface area contributed by atoms with Crippen LogP contribution in [-0.2, 0) is 0 Å². The average Bonchev–Trinajstić information content (AvgIpc) is 2.72. The van der Waals surface area contributed by atoms with Gasteiger partial charge in [0, 0.05) is 32.2 Å². The minimum absolute atomic E-state index is 0.0566. The van der Waals surface area contributed by atoms with E-state index < -0.39 is 0 Å². The Labute approximate surface area is 165 Å². The van der Waals surface area contributed by atoms with E-state index in [9.17, 15) is 0 Å². The van der Waals surface area contributed by atoms with Gasteiger partial charge in [0.1, 0.15) is 17.3 Å². The standard InChI is InChI=1S/C21H28N6O/c1-25-10-12-26(13-11-25)21(24)27-14-15(6-9-20(27)23)28-19-8-7-18(22)16-4-2-3-5-17(16)19/h2-6,9,14,18-19,23-24H,7-8,10-13,22H2,1H3/t18-,19+/m0/s1. The zero-order chi connectivity index (χ0) is 19.7. The molecule has 4 N–H and O–H groups in total. The van der Waals surface area contributed by atoms with Crippen molar-refractivity contribution in [2.75, 3.05) is 33.2 Å². The van der Waals surface area contributed by atoms with E-state index in [1.54, 1.807) is 16.8 Å². The molecule has 28 heavy (non-hydrogen) atoms. The highest BCUT2D eigenvalue weighted by molar-refractivity contribution is 5.79. The van der Waals surface area contributed by atoms with Crippen LogP contribution in [0.5, 0.6) is 5.75 Å². The number of rotatable bonds is 2. The molecule has 0 unspecified atom stereocenters. The molecule has 2 heterocycles. The maximum atomic E-state index is 8.57. The van der Waals surface area contributed by atoms with Crippen LogP contribution in [0.3, 0.4) is 0 Å². The molecule has 2 aliphatic rings. The lowest BCUT2D eigenvalue weighted by Gasteiger charge is -2.34. The minimum Gasteiger partial charge on any atom is -0.484 e. The molecule has 0 bridgehead atoms. The van der Waals surface area contributed by atoms with Gasteiger partial charge in [-0.15, -0.1) is 0 Å². The Morgan fingerprint density at radius 3 is 2.50 bits per heavy atom. The van der Waals surface area contributed by atoms with Gasteiger partial charge in [0.15, 0.2) is 0 Å². The summed E-state index contributed by atoms with van der Waals surface area (Å²) in [6.07, 6.45) is 3.45. The van der Waals surface area contributed by atoms with Crippen LogP contribution >= 0.6 is 0 Å². The normalized spacial score (nSPS) is 22.6. The molecule has 7 nitrogen and oxygen atoms in total. The molecule has 1 aliphatic carbocycles. The predicted molar refractivity (Wildman–Crippen MR) is 108 cm³/mol. The fourth-order valence-electron chi connectivity index (χ4n) is 3.97. The van der Waals surface area contributed by atoms with E-state index in [0.717, 1.165) is 50.1 Å². The molecule has 1 aliphatic heterocycles. The van der Waals surface area contributed by atoms with E-state index >= 15 is 0 Å². The van der Waals surface area contributed by atoms with Crippen molar-refractivity contribution >= 4 is 5.96 Å². The SMILES string of the molecule is CN1CCN(C(=N)n2cc(O[C@@H]3CC[C@H](N)c4ccccc43)ccc2=N)CC1. The highest BCUT2D eigenvalue weighted by atomic mass is 16.5. The van der Waals surface area contributed by atoms with E-state index in [1.807, 2.05) is 23.1 Å². The van der Waals surface area contributed by atoms with Crippen molar-refractivity contribution in [3.05, 3.63) is 59.2 Å². The third kappa shape index (κ3) is 3.68. The predicted octanol–water partition coefficient (Wildman–Crippen LogP) is 1.91. The van der Waals surface area contributed by atoms with Gasteiger partial charge in [-0.2, -0.15) is 0 Å². The third-order valence-electron chi connectivity index (χ3n) is 5.71. The molecule has 1 fully saturated rings. The van der Waals surface area contributed by atoms with Crippen molar-refractivity contribution in [1.82, 2.24) is 14.4 Å². The van der Waals surface area contributed by atoms with Gasteiger partial charge in [0.2, 0.25) is 5.96 Å². The second-order valence-electron chi connectivity index (χ2n) is 7.65. The molecular formula is C21H28N6O. The fourth-order valence-corrected chi connectivity index (χ4v) is 3.97. The number of pyridine rings is 1. The molecule has 1 aromatic heterocycles. The van der Waals surface area contributed by atoms with Crippen LogP contribution in [0.4, 0.5) is 0 Å². The van der Waals surface area contributed by atoms with Gasteiger partial charge in [-0.3, -0.25) is 15.4 Å². The first kappa shape index (κ1) is 18.7. The molecule has 0 saturated carbocycles. The van der Waals surface area contributed by atoms with Crippen molar-refractivity contribution in [2.45, 2.75) is 25.0 Å². The molecule has 1 aromatic carbocycles. The number of piperazine rings is 1. The zero-order valence-electron chi connectivity index (χ0n) is 16.3. The third-order valence-corrected chi connectivity index (χ3v) is 5.71. The second kappa shape index (κ2) is 7.77. The number of nitrogens with two attached hydrogens (primary N) is 1. The van der Waals surface area contributed by atoms with Crippen molar-refractivity contribution < 1.29 is 4.74 Å². The minimum atomic E-state index is -0.0566. The maximum absolute atomic E-state index is 8.57. The van der Waals surface area contributed by atoms with Gasteiger partial charge in [-0.25, -0.2) is 0 Å². The molecule has 2 atom stereocenters. The summed E-state index contributed by atoms with van der Waals surface area (Å²) in [5.74, 6) is 1.000. The molecule has 1 saturated heterocycles. The van der Waals surface area contributed by atoms with Crippen LogP contribution in [0.1, 0.15) is 36.1 Å². The Kier molecular flexibility index (Phi) is 5.19. The van der Waals surface area contributed by atoms with E-state index in [1.165, 1.54) is 0 Å². The molecule has 4 rings (SSSR count). The van der Waals surface area contributed by atoms with Crippen molar-refractivity contribution in [3.8, 4) is 5.75 Å². The first-order valence-electron chi connectivity index (χ1n) is 9.83. The summed E-state index contributed by atoms with van der Waals surface area (Å²) >= 11 is 0. The number of nitrogens with zero attached hydrogens (tertiary/aromatic N) is 3. The first-order valence-corrected chi connectivity index (χ1v) is 9.83. The lowest BCUT2D eigenvalue weighted by molar-refractivity contribution is 0.175. The summed E-state index contributed by atoms with van der Waals surface area (Å²) in [4.78, 5) is 4.26. The van der Waals surface area contributed by atoms with Gasteiger partial charge in [-0.1, -0.05) is 24.3 Å². The summed E-state index contributed by atoms with van der Waals surface area (Å²) in [7, 11) is 2.09. The van der Waals surface area contributed by atoms with Crippen LogP contribution < -0.4 is 16.0 Å². The summed E-state index contributed by atoms with van der Waals surface area (Å²) in [5.41, 5.74) is 8.82. The Bertz CT molecular complexity index is 915. The van der Waals surface area contributed by atoms with Crippen LogP contribution in [0.25, 0.3) is 0 Å². The number of hydrogen-bond acceptors (Lipinski definition) is 5. The van der Waals surface area contributed by atoms with E-state index in [-0.39, 0.29) is 17.6 Å². The molecule has 0 amide bonds. The number of ether oxygens (including phenoxy) is 1. The van der Waals surface area contributed by atoms with E-state index in [4.69, 9.17) is 21.3 Å². The molecule has 7 heteroatoms. The average molecular weight is 380 g/mol. The maximum Gasteiger partial charge on any atom is 0.203 e. The Morgan fingerprint density at radius 2 is 1.75 bits per heavy atom. The monoisotopic (exact) mass is 380 g/mol. The summed E-state index contributed by atoms with van der Waals surface area (Å²) in [6, 6.07) is 11.8. The summed E-state index contributed by atoms with van der Waals surface area (Å²) < 4.78 is 7.90. The topological polar surface area (TPSA) is 94.4 Å². The number of nitrogens with one attached hydrogen (secondary N) is 2. The van der Waals surface area contributed by atoms with Gasteiger partial charge in [-0.05, 0) is 43.1 Å². The molecule has 0 radical (unpaired) electrons. The van der Waals surface area contributed by atoms with Crippen molar-refractivity contribution in [2.24, 2.45) is 5.73 Å². The van der Waals surface area contributed by atoms with Crippen LogP contribution in [0.2, 0.25) is 0 Å². The Hall–Kier alpha value is -2.64. The molecular weight excluding hydrogens is 352 g/mol. The quantitative estimate of drug-likeness (QED) is 0.548. The van der Waals surface area contributed by atoms with Crippen LogP contribution in [-0.4, -0.2) is 53.6 Å². The number of fused-ring (bicyclic) bond motifs is 1. The number of likely N-dealkylation sites (N-methyl/N-ethyl adjacent to an activating group) is 1. The van der Waals surface area contributed by atoms with Gasteiger partial charge in [0.05, 0.1) is 6.20 Å². The van der Waals surface area contributed by atoms with Gasteiger partial charge < -0.3 is 20.3 Å². The molecule has 148 valence electrons. The Balaban J connectivity index is 1.56. The lowest BCUT2D eigenvalue weighted by Crippen LogP contribution is -2.50. The second-order valence-corrected chi connectivity index (χ2v) is 7.65. The summed E-state index contributed by atoms with van der Waals surface area (Å²) in [5, 5.41) is 16.8. The zero-order valence-corrected chi connectivity index (χ0v) is 16.3. The highest BCUT2D eigenvalue weighted by Gasteiger charge is 2.26. The van der Waals surface area contributed by atoms with Gasteiger partial charge in [0.25, 0.3) is 0 Å². The van der Waals surface area contributed by atoms with Crippen molar-refractivity contribution in [3.63, 3.8) is 0 Å². The van der Waals surface area contributed by atoms with E-state index in [2.05, 4.69) is 24.1 Å². The number of hydrogen-bond donors (Lipinski definition) is 3. The number of aromatic nitrogens is 1. The first-order chi connectivity index (χ1) is 13.5. The molecule has 0 spiro atoms. The smallest absolute Gasteiger partial charge is 0.203 e. The lowest BCUT2D eigenvalue weighted by atomic mass is 9.86. The van der Waals surface area contributed by atoms with Crippen LogP contribution in [0.15, 0.2) is 42.6 Å². The molecule has 2 aromatic rings. The number of benzene rings is 1. The van der Waals surface area contributed by atoms with E-state index in [0.29, 0.717) is 11.7 Å². The van der Waals surface area contributed by atoms with Gasteiger partial charge >= 0.3 is 0 Å². The summed E-state index contributed by atoms with van der Waals surface area (Å²) in [6.45, 7) is 3.43. The van der Waals surface area contributed by atoms with Crippen molar-refractivity contribution in [1.29, 1.82) is 10.8 Å². The van der Waals surface area contributed by atoms with Crippen LogP contribution in [0, 0.1) is 10.8 Å². The highest BCUT2D eigenvalue weighted by Crippen LogP contribution is 2.37.